The fraction of sp³-hybridized carbons (Fsp3) is 0.400. The Morgan fingerprint density at radius 3 is 2.84 bits per heavy atom. The maximum Gasteiger partial charge on any atom is 0.256 e. The number of carbonyl (C=O) groups excluding carboxylic acids is 1. The Hall–Kier alpha value is -2.05. The lowest BCUT2D eigenvalue weighted by molar-refractivity contribution is 0.0930. The van der Waals surface area contributed by atoms with Gasteiger partial charge >= 0.3 is 0 Å². The number of nitrogens with one attached hydrogen (secondary N) is 2. The minimum absolute atomic E-state index is 0.00450. The van der Waals surface area contributed by atoms with Crippen molar-refractivity contribution in [1.82, 2.24) is 5.32 Å². The molecule has 6 heteroatoms. The van der Waals surface area contributed by atoms with Crippen molar-refractivity contribution in [3.63, 3.8) is 0 Å². The van der Waals surface area contributed by atoms with Crippen LogP contribution in [0.2, 0.25) is 0 Å². The molecule has 2 unspecified atom stereocenters. The van der Waals surface area contributed by atoms with Crippen LogP contribution in [0.4, 0.5) is 5.00 Å². The molecule has 1 aliphatic carbocycles. The van der Waals surface area contributed by atoms with E-state index in [0.717, 1.165) is 45.6 Å². The standard InChI is InChI=1S/C25H27BrN2O2S/c1-4-25(2,3)15-8-9-17-20(13-15)31-24-21(17)23(29)27-22(28-24)19-11-10-18(30-19)14-6-5-7-16(26)12-14/h5-7,10-12,15,22,28H,4,8-9,13H2,1-3H3,(H,27,29). The SMILES string of the molecule is CCC(C)(C)C1CCc2c(sc3c2C(=O)NC(c2ccc(-c4cccc(Br)c4)o2)N3)C1. The summed E-state index contributed by atoms with van der Waals surface area (Å²) in [4.78, 5) is 14.4. The molecule has 0 fully saturated rings. The van der Waals surface area contributed by atoms with Crippen LogP contribution in [-0.4, -0.2) is 5.91 Å². The molecule has 2 N–H and O–H groups in total. The second-order valence-electron chi connectivity index (χ2n) is 9.25. The van der Waals surface area contributed by atoms with E-state index in [2.05, 4.69) is 47.3 Å². The number of benzene rings is 1. The number of fused-ring (bicyclic) bond motifs is 3. The number of hydrogen-bond donors (Lipinski definition) is 2. The monoisotopic (exact) mass is 498 g/mol. The molecule has 162 valence electrons. The molecular formula is C25H27BrN2O2S. The fourth-order valence-electron chi connectivity index (χ4n) is 4.70. The Bertz CT molecular complexity index is 1150. The van der Waals surface area contributed by atoms with Crippen LogP contribution in [0, 0.1) is 11.3 Å². The van der Waals surface area contributed by atoms with Gasteiger partial charge in [-0.3, -0.25) is 4.79 Å². The number of carbonyl (C=O) groups is 1. The summed E-state index contributed by atoms with van der Waals surface area (Å²) < 4.78 is 7.12. The summed E-state index contributed by atoms with van der Waals surface area (Å²) >= 11 is 5.26. The minimum Gasteiger partial charge on any atom is -0.457 e. The van der Waals surface area contributed by atoms with E-state index in [0.29, 0.717) is 17.1 Å². The van der Waals surface area contributed by atoms with Crippen LogP contribution < -0.4 is 10.6 Å². The van der Waals surface area contributed by atoms with E-state index in [1.165, 1.54) is 16.9 Å². The molecular weight excluding hydrogens is 472 g/mol. The zero-order valence-corrected chi connectivity index (χ0v) is 20.5. The van der Waals surface area contributed by atoms with Crippen LogP contribution in [0.1, 0.15) is 66.3 Å². The van der Waals surface area contributed by atoms with E-state index >= 15 is 0 Å². The number of halogens is 1. The third-order valence-corrected chi connectivity index (χ3v) is 8.76. The van der Waals surface area contributed by atoms with E-state index in [-0.39, 0.29) is 12.1 Å². The van der Waals surface area contributed by atoms with E-state index in [1.807, 2.05) is 36.4 Å². The fourth-order valence-corrected chi connectivity index (χ4v) is 6.45. The first-order chi connectivity index (χ1) is 14.9. The van der Waals surface area contributed by atoms with Gasteiger partial charge in [-0.15, -0.1) is 11.3 Å². The van der Waals surface area contributed by atoms with Gasteiger partial charge < -0.3 is 15.1 Å². The molecule has 4 nitrogen and oxygen atoms in total. The number of thiophene rings is 1. The van der Waals surface area contributed by atoms with Crippen molar-refractivity contribution in [3.05, 3.63) is 62.6 Å². The van der Waals surface area contributed by atoms with Crippen molar-refractivity contribution in [2.75, 3.05) is 5.32 Å². The van der Waals surface area contributed by atoms with Gasteiger partial charge in [0.15, 0.2) is 6.17 Å². The van der Waals surface area contributed by atoms with Crippen LogP contribution in [0.3, 0.4) is 0 Å². The third-order valence-electron chi connectivity index (χ3n) is 7.08. The third kappa shape index (κ3) is 3.74. The molecule has 2 atom stereocenters. The highest BCUT2D eigenvalue weighted by Crippen LogP contribution is 2.47. The summed E-state index contributed by atoms with van der Waals surface area (Å²) in [5.74, 6) is 2.17. The molecule has 5 rings (SSSR count). The topological polar surface area (TPSA) is 54.3 Å². The molecule has 2 aliphatic rings. The first-order valence-electron chi connectivity index (χ1n) is 10.9. The van der Waals surface area contributed by atoms with E-state index < -0.39 is 0 Å². The zero-order chi connectivity index (χ0) is 21.8. The highest BCUT2D eigenvalue weighted by molar-refractivity contribution is 9.10. The average molecular weight is 499 g/mol. The summed E-state index contributed by atoms with van der Waals surface area (Å²) in [6.07, 6.45) is 4.04. The molecule has 1 aromatic carbocycles. The Morgan fingerprint density at radius 1 is 1.23 bits per heavy atom. The van der Waals surface area contributed by atoms with Gasteiger partial charge in [-0.1, -0.05) is 55.3 Å². The molecule has 0 bridgehead atoms. The molecule has 0 saturated carbocycles. The van der Waals surface area contributed by atoms with E-state index in [9.17, 15) is 4.79 Å². The summed E-state index contributed by atoms with van der Waals surface area (Å²) in [5.41, 5.74) is 3.43. The van der Waals surface area contributed by atoms with Gasteiger partial charge in [0.2, 0.25) is 0 Å². The maximum atomic E-state index is 13.1. The molecule has 3 heterocycles. The number of rotatable bonds is 4. The highest BCUT2D eigenvalue weighted by atomic mass is 79.9. The Balaban J connectivity index is 1.40. The molecule has 31 heavy (non-hydrogen) atoms. The van der Waals surface area contributed by atoms with Crippen LogP contribution in [-0.2, 0) is 12.8 Å². The predicted octanol–water partition coefficient (Wildman–Crippen LogP) is 7.17. The Morgan fingerprint density at radius 2 is 2.06 bits per heavy atom. The molecule has 0 radical (unpaired) electrons. The van der Waals surface area contributed by atoms with Gasteiger partial charge in [-0.05, 0) is 60.4 Å². The summed E-state index contributed by atoms with van der Waals surface area (Å²) in [5, 5.41) is 7.62. The summed E-state index contributed by atoms with van der Waals surface area (Å²) in [7, 11) is 0. The molecule has 0 saturated heterocycles. The van der Waals surface area contributed by atoms with Crippen molar-refractivity contribution in [1.29, 1.82) is 0 Å². The normalized spacial score (nSPS) is 20.6. The maximum absolute atomic E-state index is 13.1. The van der Waals surface area contributed by atoms with Crippen LogP contribution in [0.25, 0.3) is 11.3 Å². The first kappa shape index (κ1) is 20.8. The van der Waals surface area contributed by atoms with E-state index in [1.54, 1.807) is 11.3 Å². The predicted molar refractivity (Wildman–Crippen MR) is 130 cm³/mol. The smallest absolute Gasteiger partial charge is 0.256 e. The second kappa shape index (κ2) is 7.82. The minimum atomic E-state index is -0.358. The van der Waals surface area contributed by atoms with Gasteiger partial charge in [-0.2, -0.15) is 0 Å². The lowest BCUT2D eigenvalue weighted by Gasteiger charge is -2.36. The van der Waals surface area contributed by atoms with Crippen LogP contribution in [0.15, 0.2) is 45.3 Å². The van der Waals surface area contributed by atoms with Gasteiger partial charge in [0, 0.05) is 14.9 Å². The van der Waals surface area contributed by atoms with Crippen molar-refractivity contribution in [2.24, 2.45) is 11.3 Å². The molecule has 0 spiro atoms. The summed E-state index contributed by atoms with van der Waals surface area (Å²) in [6.45, 7) is 7.02. The lowest BCUT2D eigenvalue weighted by atomic mass is 9.69. The number of furan rings is 1. The Kier molecular flexibility index (Phi) is 5.25. The number of amides is 1. The van der Waals surface area contributed by atoms with Gasteiger partial charge in [0.1, 0.15) is 16.5 Å². The van der Waals surface area contributed by atoms with Crippen molar-refractivity contribution in [2.45, 2.75) is 52.6 Å². The molecule has 3 aromatic rings. The van der Waals surface area contributed by atoms with Crippen LogP contribution >= 0.6 is 27.3 Å². The van der Waals surface area contributed by atoms with Crippen molar-refractivity contribution < 1.29 is 9.21 Å². The van der Waals surface area contributed by atoms with Crippen molar-refractivity contribution >= 4 is 38.2 Å². The second-order valence-corrected chi connectivity index (χ2v) is 11.3. The lowest BCUT2D eigenvalue weighted by Crippen LogP contribution is -2.38. The Labute approximate surface area is 195 Å². The molecule has 2 aromatic heterocycles. The largest absolute Gasteiger partial charge is 0.457 e. The van der Waals surface area contributed by atoms with Gasteiger partial charge in [0.05, 0.1) is 5.56 Å². The van der Waals surface area contributed by atoms with Gasteiger partial charge in [0.25, 0.3) is 5.91 Å². The quantitative estimate of drug-likeness (QED) is 0.400. The van der Waals surface area contributed by atoms with E-state index in [4.69, 9.17) is 4.42 Å². The number of hydrogen-bond acceptors (Lipinski definition) is 4. The number of anilines is 1. The molecule has 1 amide bonds. The molecule has 1 aliphatic heterocycles. The highest BCUT2D eigenvalue weighted by Gasteiger charge is 2.37. The zero-order valence-electron chi connectivity index (χ0n) is 18.0. The first-order valence-corrected chi connectivity index (χ1v) is 12.5. The van der Waals surface area contributed by atoms with Gasteiger partial charge in [-0.25, -0.2) is 0 Å². The van der Waals surface area contributed by atoms with Crippen molar-refractivity contribution in [3.8, 4) is 11.3 Å². The average Bonchev–Trinajstić information content (AvgIpc) is 3.38. The van der Waals surface area contributed by atoms with Crippen LogP contribution in [0.5, 0.6) is 0 Å². The summed E-state index contributed by atoms with van der Waals surface area (Å²) in [6, 6.07) is 11.9.